The fraction of sp³-hybridized carbons (Fsp3) is 0.217. The van der Waals surface area contributed by atoms with Gasteiger partial charge >= 0.3 is 0 Å². The number of anilines is 1. The molecule has 4 rings (SSSR count). The Morgan fingerprint density at radius 3 is 2.55 bits per heavy atom. The van der Waals surface area contributed by atoms with Crippen molar-refractivity contribution in [2.24, 2.45) is 4.99 Å². The first kappa shape index (κ1) is 19.0. The molecule has 0 radical (unpaired) electrons. The molecule has 2 heterocycles. The van der Waals surface area contributed by atoms with Gasteiger partial charge in [0, 0.05) is 29.9 Å². The van der Waals surface area contributed by atoms with Gasteiger partial charge in [-0.2, -0.15) is 0 Å². The molecule has 0 N–H and O–H groups in total. The van der Waals surface area contributed by atoms with Crippen molar-refractivity contribution in [1.82, 2.24) is 0 Å². The minimum Gasteiger partial charge on any atom is -0.545 e. The van der Waals surface area contributed by atoms with Crippen LogP contribution in [0.5, 0.6) is 0 Å². The number of carboxylic acid groups (broad SMARTS) is 1. The van der Waals surface area contributed by atoms with E-state index < -0.39 is 5.97 Å². The minimum atomic E-state index is -1.20. The number of rotatable bonds is 5. The molecule has 0 atom stereocenters. The topological polar surface area (TPSA) is 78.1 Å². The Bertz CT molecular complexity index is 1030. The number of aromatic carboxylic acids is 1. The van der Waals surface area contributed by atoms with Crippen LogP contribution in [0.4, 0.5) is 11.4 Å². The highest BCUT2D eigenvalue weighted by Crippen LogP contribution is 2.25. The molecular weight excluding hydrogens is 368 g/mol. The molecule has 0 aliphatic carbocycles. The summed E-state index contributed by atoms with van der Waals surface area (Å²) >= 11 is 0. The van der Waals surface area contributed by atoms with Crippen molar-refractivity contribution in [2.45, 2.75) is 6.92 Å². The van der Waals surface area contributed by atoms with Crippen molar-refractivity contribution in [1.29, 1.82) is 0 Å². The van der Waals surface area contributed by atoms with E-state index in [9.17, 15) is 9.90 Å². The lowest BCUT2D eigenvalue weighted by molar-refractivity contribution is -0.255. The van der Waals surface area contributed by atoms with Crippen LogP contribution in [0.3, 0.4) is 0 Å². The number of aryl methyl sites for hydroxylation is 1. The van der Waals surface area contributed by atoms with E-state index in [4.69, 9.17) is 9.15 Å². The Labute approximate surface area is 169 Å². The Morgan fingerprint density at radius 2 is 1.83 bits per heavy atom. The number of carbonyl (C=O) groups excluding carboxylic acids is 1. The van der Waals surface area contributed by atoms with E-state index in [-0.39, 0.29) is 5.56 Å². The largest absolute Gasteiger partial charge is 0.545 e. The number of benzene rings is 2. The van der Waals surface area contributed by atoms with Gasteiger partial charge < -0.3 is 24.0 Å². The van der Waals surface area contributed by atoms with Gasteiger partial charge in [-0.15, -0.1) is 0 Å². The summed E-state index contributed by atoms with van der Waals surface area (Å²) in [5.41, 5.74) is 3.49. The normalized spacial score (nSPS) is 14.4. The number of hydrogen-bond acceptors (Lipinski definition) is 6. The smallest absolute Gasteiger partial charge is 0.145 e. The maximum absolute atomic E-state index is 11.2. The Balaban J connectivity index is 1.47. The molecule has 0 unspecified atom stereocenters. The lowest BCUT2D eigenvalue weighted by Gasteiger charge is -2.28. The average molecular weight is 389 g/mol. The number of morpholine rings is 1. The summed E-state index contributed by atoms with van der Waals surface area (Å²) < 4.78 is 11.2. The molecule has 1 aromatic heterocycles. The first-order chi connectivity index (χ1) is 14.1. The van der Waals surface area contributed by atoms with Gasteiger partial charge in [0.1, 0.15) is 11.5 Å². The van der Waals surface area contributed by atoms with Crippen LogP contribution < -0.4 is 10.0 Å². The van der Waals surface area contributed by atoms with E-state index in [1.807, 2.05) is 18.2 Å². The van der Waals surface area contributed by atoms with Crippen molar-refractivity contribution >= 4 is 23.6 Å². The molecule has 148 valence electrons. The molecule has 3 aromatic rings. The van der Waals surface area contributed by atoms with Gasteiger partial charge in [0.2, 0.25) is 0 Å². The lowest BCUT2D eigenvalue weighted by Crippen LogP contribution is -2.36. The van der Waals surface area contributed by atoms with Crippen LogP contribution in [-0.4, -0.2) is 38.5 Å². The molecule has 1 saturated heterocycles. The van der Waals surface area contributed by atoms with Gasteiger partial charge in [-0.3, -0.25) is 4.99 Å². The maximum Gasteiger partial charge on any atom is 0.145 e. The second-order valence-corrected chi connectivity index (χ2v) is 6.89. The molecule has 1 aliphatic rings. The van der Waals surface area contributed by atoms with Crippen LogP contribution in [0.2, 0.25) is 0 Å². The van der Waals surface area contributed by atoms with Gasteiger partial charge in [-0.25, -0.2) is 0 Å². The van der Waals surface area contributed by atoms with Gasteiger partial charge in [-0.1, -0.05) is 12.1 Å². The lowest BCUT2D eigenvalue weighted by atomic mass is 10.0. The van der Waals surface area contributed by atoms with Crippen LogP contribution in [-0.2, 0) is 4.74 Å². The van der Waals surface area contributed by atoms with Gasteiger partial charge in [0.25, 0.3) is 0 Å². The minimum absolute atomic E-state index is 0.162. The van der Waals surface area contributed by atoms with Crippen molar-refractivity contribution in [3.8, 4) is 11.3 Å². The molecule has 0 bridgehead atoms. The SMILES string of the molecule is Cc1ccc(-c2ccc(C=Nc3ccc(N4CCOCC4)cc3)o2)cc1C(=O)[O-]. The standard InChI is InChI=1S/C23H22N2O4/c1-16-2-3-17(14-21(16)23(26)27)22-9-8-20(29-22)15-24-18-4-6-19(7-5-18)25-10-12-28-13-11-25/h2-9,14-15H,10-13H2,1H3,(H,26,27)/p-1. The first-order valence-electron chi connectivity index (χ1n) is 9.49. The van der Waals surface area contributed by atoms with Gasteiger partial charge in [-0.05, 0) is 55.0 Å². The summed E-state index contributed by atoms with van der Waals surface area (Å²) in [6, 6.07) is 16.8. The molecule has 6 heteroatoms. The summed E-state index contributed by atoms with van der Waals surface area (Å²) in [6.45, 7) is 5.05. The average Bonchev–Trinajstić information content (AvgIpc) is 3.22. The fourth-order valence-corrected chi connectivity index (χ4v) is 3.28. The van der Waals surface area contributed by atoms with Crippen molar-refractivity contribution in [2.75, 3.05) is 31.2 Å². The number of hydrogen-bond donors (Lipinski definition) is 0. The van der Waals surface area contributed by atoms with E-state index in [1.54, 1.807) is 37.4 Å². The van der Waals surface area contributed by atoms with Crippen molar-refractivity contribution in [3.05, 3.63) is 71.5 Å². The molecule has 1 fully saturated rings. The highest BCUT2D eigenvalue weighted by atomic mass is 16.5. The van der Waals surface area contributed by atoms with E-state index >= 15 is 0 Å². The summed E-state index contributed by atoms with van der Waals surface area (Å²) in [6.07, 6.45) is 1.65. The summed E-state index contributed by atoms with van der Waals surface area (Å²) in [5, 5.41) is 11.2. The fourth-order valence-electron chi connectivity index (χ4n) is 3.28. The Kier molecular flexibility index (Phi) is 5.44. The quantitative estimate of drug-likeness (QED) is 0.626. The van der Waals surface area contributed by atoms with Gasteiger partial charge in [0.05, 0.1) is 31.1 Å². The molecule has 2 aromatic carbocycles. The predicted molar refractivity (Wildman–Crippen MR) is 110 cm³/mol. The molecule has 0 spiro atoms. The molecule has 29 heavy (non-hydrogen) atoms. The Hall–Kier alpha value is -3.38. The van der Waals surface area contributed by atoms with Crippen LogP contribution >= 0.6 is 0 Å². The van der Waals surface area contributed by atoms with Crippen LogP contribution in [0.1, 0.15) is 21.7 Å². The molecule has 1 aliphatic heterocycles. The number of aliphatic imine (C=N–C) groups is 1. The third kappa shape index (κ3) is 4.38. The monoisotopic (exact) mass is 389 g/mol. The first-order valence-corrected chi connectivity index (χ1v) is 9.49. The maximum atomic E-state index is 11.2. The number of furan rings is 1. The summed E-state index contributed by atoms with van der Waals surface area (Å²) in [5.74, 6) is -0.0253. The Morgan fingerprint density at radius 1 is 1.07 bits per heavy atom. The second kappa shape index (κ2) is 8.32. The van der Waals surface area contributed by atoms with Crippen LogP contribution in [0.15, 0.2) is 64.0 Å². The molecule has 6 nitrogen and oxygen atoms in total. The predicted octanol–water partition coefficient (Wildman–Crippen LogP) is 3.21. The van der Waals surface area contributed by atoms with E-state index in [2.05, 4.69) is 22.0 Å². The highest BCUT2D eigenvalue weighted by Gasteiger charge is 2.11. The van der Waals surface area contributed by atoms with Crippen LogP contribution in [0.25, 0.3) is 11.3 Å². The van der Waals surface area contributed by atoms with E-state index in [0.29, 0.717) is 22.6 Å². The van der Waals surface area contributed by atoms with E-state index in [0.717, 1.165) is 37.7 Å². The van der Waals surface area contributed by atoms with Gasteiger partial charge in [0.15, 0.2) is 0 Å². The third-order valence-corrected chi connectivity index (χ3v) is 4.94. The summed E-state index contributed by atoms with van der Waals surface area (Å²) in [4.78, 5) is 18.0. The van der Waals surface area contributed by atoms with E-state index in [1.165, 1.54) is 0 Å². The zero-order valence-electron chi connectivity index (χ0n) is 16.1. The number of carboxylic acids is 1. The zero-order valence-corrected chi connectivity index (χ0v) is 16.1. The number of ether oxygens (including phenoxy) is 1. The number of nitrogens with zero attached hydrogens (tertiary/aromatic N) is 2. The summed E-state index contributed by atoms with van der Waals surface area (Å²) in [7, 11) is 0. The van der Waals surface area contributed by atoms with Crippen molar-refractivity contribution < 1.29 is 19.1 Å². The zero-order chi connectivity index (χ0) is 20.2. The highest BCUT2D eigenvalue weighted by molar-refractivity contribution is 5.89. The molecular formula is C23H21N2O4-. The second-order valence-electron chi connectivity index (χ2n) is 6.89. The molecule has 0 saturated carbocycles. The third-order valence-electron chi connectivity index (χ3n) is 4.94. The van der Waals surface area contributed by atoms with Crippen LogP contribution in [0, 0.1) is 6.92 Å². The number of carbonyl (C=O) groups is 1. The molecule has 0 amide bonds. The van der Waals surface area contributed by atoms with Crippen molar-refractivity contribution in [3.63, 3.8) is 0 Å².